The molecule has 0 atom stereocenters. The molecular formula is C11H8F2N2O5S. The molecule has 2 rings (SSSR count). The quantitative estimate of drug-likeness (QED) is 0.905. The minimum atomic E-state index is -4.38. The Balaban J connectivity index is 2.51. The molecule has 0 amide bonds. The number of nitrogens with zero attached hydrogens (tertiary/aromatic N) is 2. The van der Waals surface area contributed by atoms with Crippen molar-refractivity contribution in [1.82, 2.24) is 10.1 Å². The van der Waals surface area contributed by atoms with E-state index in [1.54, 1.807) is 0 Å². The van der Waals surface area contributed by atoms with Crippen LogP contribution in [0.4, 0.5) is 8.78 Å². The highest BCUT2D eigenvalue weighted by Gasteiger charge is 2.27. The van der Waals surface area contributed by atoms with Gasteiger partial charge in [0.05, 0.1) is 5.56 Å². The molecule has 2 aromatic rings. The highest BCUT2D eigenvalue weighted by molar-refractivity contribution is 7.90. The van der Waals surface area contributed by atoms with Crippen molar-refractivity contribution in [3.63, 3.8) is 0 Å². The zero-order chi connectivity index (χ0) is 15.8. The number of halogens is 2. The zero-order valence-corrected chi connectivity index (χ0v) is 11.3. The van der Waals surface area contributed by atoms with Crippen molar-refractivity contribution in [3.05, 3.63) is 41.0 Å². The first-order valence-electron chi connectivity index (χ1n) is 5.45. The molecule has 1 heterocycles. The van der Waals surface area contributed by atoms with Crippen LogP contribution < -0.4 is 0 Å². The Hall–Kier alpha value is -2.36. The summed E-state index contributed by atoms with van der Waals surface area (Å²) in [5, 5.41) is 12.1. The van der Waals surface area contributed by atoms with Gasteiger partial charge < -0.3 is 9.63 Å². The summed E-state index contributed by atoms with van der Waals surface area (Å²) >= 11 is 0. The monoisotopic (exact) mass is 318 g/mol. The summed E-state index contributed by atoms with van der Waals surface area (Å²) < 4.78 is 55.6. The van der Waals surface area contributed by atoms with E-state index in [9.17, 15) is 22.0 Å². The lowest BCUT2D eigenvalue weighted by Crippen LogP contribution is -2.11. The van der Waals surface area contributed by atoms with Crippen molar-refractivity contribution in [3.8, 4) is 0 Å². The fourth-order valence-electron chi connectivity index (χ4n) is 1.55. The Labute approximate surface area is 117 Å². The fraction of sp³-hybridized carbons (Fsp3) is 0.182. The summed E-state index contributed by atoms with van der Waals surface area (Å²) in [7, 11) is -4.38. The molecule has 0 unspecified atom stereocenters. The minimum absolute atomic E-state index is 0.172. The van der Waals surface area contributed by atoms with E-state index in [0.29, 0.717) is 12.1 Å². The van der Waals surface area contributed by atoms with Gasteiger partial charge in [-0.3, -0.25) is 0 Å². The van der Waals surface area contributed by atoms with Crippen molar-refractivity contribution in [1.29, 1.82) is 0 Å². The predicted octanol–water partition coefficient (Wildman–Crippen LogP) is 1.33. The van der Waals surface area contributed by atoms with Gasteiger partial charge in [0.15, 0.2) is 27.3 Å². The first kappa shape index (κ1) is 15.0. The van der Waals surface area contributed by atoms with E-state index in [-0.39, 0.29) is 11.7 Å². The molecule has 0 fully saturated rings. The van der Waals surface area contributed by atoms with Gasteiger partial charge in [-0.25, -0.2) is 22.0 Å². The first-order chi connectivity index (χ1) is 9.70. The van der Waals surface area contributed by atoms with Gasteiger partial charge in [0.2, 0.25) is 5.89 Å². The van der Waals surface area contributed by atoms with E-state index < -0.39 is 43.7 Å². The van der Waals surface area contributed by atoms with Crippen LogP contribution in [-0.2, 0) is 15.6 Å². The summed E-state index contributed by atoms with van der Waals surface area (Å²) in [6.45, 7) is 1.45. The molecule has 0 bridgehead atoms. The Kier molecular flexibility index (Phi) is 3.73. The van der Waals surface area contributed by atoms with E-state index in [1.807, 2.05) is 0 Å². The molecule has 112 valence electrons. The number of aromatic carboxylic acids is 1. The van der Waals surface area contributed by atoms with Crippen LogP contribution in [0, 0.1) is 18.6 Å². The van der Waals surface area contributed by atoms with Gasteiger partial charge in [-0.15, -0.1) is 0 Å². The number of hydrogen-bond donors (Lipinski definition) is 1. The molecule has 0 aliphatic carbocycles. The third-order valence-corrected chi connectivity index (χ3v) is 4.05. The number of benzene rings is 1. The van der Waals surface area contributed by atoms with Gasteiger partial charge in [0.1, 0.15) is 10.6 Å². The Morgan fingerprint density at radius 1 is 1.38 bits per heavy atom. The lowest BCUT2D eigenvalue weighted by Gasteiger charge is -2.06. The lowest BCUT2D eigenvalue weighted by molar-refractivity contribution is 0.0696. The van der Waals surface area contributed by atoms with Gasteiger partial charge in [0.25, 0.3) is 0 Å². The van der Waals surface area contributed by atoms with Crippen LogP contribution in [0.1, 0.15) is 22.1 Å². The van der Waals surface area contributed by atoms with Crippen molar-refractivity contribution >= 4 is 15.8 Å². The summed E-state index contributed by atoms with van der Waals surface area (Å²) in [6, 6.07) is 0.937. The highest BCUT2D eigenvalue weighted by atomic mass is 32.2. The van der Waals surface area contributed by atoms with Crippen LogP contribution in [0.3, 0.4) is 0 Å². The Morgan fingerprint density at radius 2 is 2.05 bits per heavy atom. The molecule has 0 saturated heterocycles. The number of carboxylic acids is 1. The molecule has 1 aromatic heterocycles. The lowest BCUT2D eigenvalue weighted by atomic mass is 10.2. The highest BCUT2D eigenvalue weighted by Crippen LogP contribution is 2.23. The maximum absolute atomic E-state index is 13.6. The van der Waals surface area contributed by atoms with Crippen molar-refractivity contribution in [2.75, 3.05) is 0 Å². The standard InChI is InChI=1S/C11H8F2N2O5S/c1-5-14-9(20-15-5)4-21(18,19)8-3-6(11(16)17)2-7(12)10(8)13/h2-3H,4H2,1H3,(H,16,17). The van der Waals surface area contributed by atoms with Crippen molar-refractivity contribution in [2.24, 2.45) is 0 Å². The smallest absolute Gasteiger partial charge is 0.335 e. The van der Waals surface area contributed by atoms with E-state index in [2.05, 4.69) is 14.7 Å². The van der Waals surface area contributed by atoms with Crippen LogP contribution in [0.25, 0.3) is 0 Å². The van der Waals surface area contributed by atoms with Crippen LogP contribution in [0.2, 0.25) is 0 Å². The number of aryl methyl sites for hydroxylation is 1. The molecule has 1 aromatic carbocycles. The number of hydrogen-bond acceptors (Lipinski definition) is 6. The average Bonchev–Trinajstić information content (AvgIpc) is 2.76. The third kappa shape index (κ3) is 3.05. The third-order valence-electron chi connectivity index (χ3n) is 2.46. The number of rotatable bonds is 4. The van der Waals surface area contributed by atoms with Crippen LogP contribution >= 0.6 is 0 Å². The van der Waals surface area contributed by atoms with E-state index in [0.717, 1.165) is 0 Å². The normalized spacial score (nSPS) is 11.6. The van der Waals surface area contributed by atoms with Crippen LogP contribution in [0.15, 0.2) is 21.6 Å². The van der Waals surface area contributed by atoms with E-state index >= 15 is 0 Å². The second-order valence-electron chi connectivity index (χ2n) is 4.07. The minimum Gasteiger partial charge on any atom is -0.478 e. The summed E-state index contributed by atoms with van der Waals surface area (Å²) in [5.74, 6) is -5.82. The fourth-order valence-corrected chi connectivity index (χ4v) is 2.83. The maximum Gasteiger partial charge on any atom is 0.335 e. The first-order valence-corrected chi connectivity index (χ1v) is 7.10. The largest absolute Gasteiger partial charge is 0.478 e. The summed E-state index contributed by atoms with van der Waals surface area (Å²) in [6.07, 6.45) is 0. The van der Waals surface area contributed by atoms with Gasteiger partial charge in [0, 0.05) is 0 Å². The average molecular weight is 318 g/mol. The van der Waals surface area contributed by atoms with Crippen molar-refractivity contribution < 1.29 is 31.6 Å². The van der Waals surface area contributed by atoms with Crippen LogP contribution in [0.5, 0.6) is 0 Å². The molecule has 0 radical (unpaired) electrons. The van der Waals surface area contributed by atoms with Gasteiger partial charge in [-0.1, -0.05) is 5.16 Å². The molecule has 10 heteroatoms. The molecule has 0 saturated carbocycles. The predicted molar refractivity (Wildman–Crippen MR) is 63.2 cm³/mol. The maximum atomic E-state index is 13.6. The van der Waals surface area contributed by atoms with Gasteiger partial charge >= 0.3 is 5.97 Å². The Bertz CT molecular complexity index is 816. The molecule has 0 aliphatic rings. The number of aromatic nitrogens is 2. The molecule has 0 spiro atoms. The number of sulfone groups is 1. The zero-order valence-electron chi connectivity index (χ0n) is 10.5. The number of carbonyl (C=O) groups is 1. The topological polar surface area (TPSA) is 110 Å². The van der Waals surface area contributed by atoms with Crippen molar-refractivity contribution in [2.45, 2.75) is 17.6 Å². The van der Waals surface area contributed by atoms with E-state index in [4.69, 9.17) is 5.11 Å². The molecule has 0 aliphatic heterocycles. The Morgan fingerprint density at radius 3 is 2.57 bits per heavy atom. The molecule has 7 nitrogen and oxygen atoms in total. The van der Waals surface area contributed by atoms with Crippen LogP contribution in [-0.4, -0.2) is 29.6 Å². The number of carboxylic acid groups (broad SMARTS) is 1. The second-order valence-corrected chi connectivity index (χ2v) is 6.03. The van der Waals surface area contributed by atoms with Gasteiger partial charge in [-0.05, 0) is 19.1 Å². The molecule has 1 N–H and O–H groups in total. The van der Waals surface area contributed by atoms with E-state index in [1.165, 1.54) is 6.92 Å². The summed E-state index contributed by atoms with van der Waals surface area (Å²) in [4.78, 5) is 13.3. The SMILES string of the molecule is Cc1noc(CS(=O)(=O)c2cc(C(=O)O)cc(F)c2F)n1. The van der Waals surface area contributed by atoms with Gasteiger partial charge in [-0.2, -0.15) is 4.98 Å². The molecular weight excluding hydrogens is 310 g/mol. The summed E-state index contributed by atoms with van der Waals surface area (Å²) in [5.41, 5.74) is -0.686. The molecule has 21 heavy (non-hydrogen) atoms. The second kappa shape index (κ2) is 5.20.